The fourth-order valence-corrected chi connectivity index (χ4v) is 3.97. The molecule has 31 heavy (non-hydrogen) atoms. The number of nitrogens with one attached hydrogen (secondary N) is 1. The van der Waals surface area contributed by atoms with Crippen molar-refractivity contribution in [2.45, 2.75) is 53.6 Å². The van der Waals surface area contributed by atoms with Crippen molar-refractivity contribution < 1.29 is 4.79 Å². The molecular formula is C23H28N6O2. The van der Waals surface area contributed by atoms with Crippen LogP contribution in [-0.2, 0) is 17.9 Å². The third-order valence-corrected chi connectivity index (χ3v) is 5.51. The van der Waals surface area contributed by atoms with Gasteiger partial charge >= 0.3 is 5.69 Å². The summed E-state index contributed by atoms with van der Waals surface area (Å²) in [6.07, 6.45) is 1.13. The lowest BCUT2D eigenvalue weighted by Crippen LogP contribution is -2.31. The summed E-state index contributed by atoms with van der Waals surface area (Å²) in [5.41, 5.74) is 5.43. The number of carbonyl (C=O) groups excluding carboxylic acids is 1. The highest BCUT2D eigenvalue weighted by molar-refractivity contribution is 5.84. The van der Waals surface area contributed by atoms with Crippen LogP contribution in [0.3, 0.4) is 0 Å². The maximum atomic E-state index is 13.0. The van der Waals surface area contributed by atoms with Crippen LogP contribution in [0.5, 0.6) is 0 Å². The maximum Gasteiger partial charge on any atom is 0.350 e. The van der Waals surface area contributed by atoms with Gasteiger partial charge in [-0.1, -0.05) is 12.1 Å². The quantitative estimate of drug-likeness (QED) is 0.498. The molecule has 4 rings (SSSR count). The summed E-state index contributed by atoms with van der Waals surface area (Å²) in [5, 5.41) is 12.8. The average Bonchev–Trinajstić information content (AvgIpc) is 3.22. The topological polar surface area (TPSA) is 86.2 Å². The summed E-state index contributed by atoms with van der Waals surface area (Å²) in [6.45, 7) is 9.34. The molecule has 3 heterocycles. The molecule has 0 spiro atoms. The zero-order valence-electron chi connectivity index (χ0n) is 18.5. The standard InChI is InChI=1S/C23H28N6O2/c1-15-7-8-19-13-16(2)22-26-28(23(31)29(22)20(19)12-15)11-9-24-21(30)6-5-10-27-18(4)14-17(3)25-27/h7-8,12-14H,5-6,9-11H2,1-4H3,(H,24,30). The van der Waals surface area contributed by atoms with Gasteiger partial charge in [0.15, 0.2) is 5.65 Å². The first kappa shape index (κ1) is 20.8. The second kappa shape index (κ2) is 8.37. The third-order valence-electron chi connectivity index (χ3n) is 5.51. The Kier molecular flexibility index (Phi) is 5.63. The minimum Gasteiger partial charge on any atom is -0.354 e. The Morgan fingerprint density at radius 3 is 2.55 bits per heavy atom. The molecule has 0 aliphatic carbocycles. The number of hydrogen-bond acceptors (Lipinski definition) is 4. The Morgan fingerprint density at radius 1 is 1.00 bits per heavy atom. The Balaban J connectivity index is 1.39. The van der Waals surface area contributed by atoms with Crippen molar-refractivity contribution in [1.29, 1.82) is 0 Å². The zero-order chi connectivity index (χ0) is 22.1. The van der Waals surface area contributed by atoms with E-state index in [9.17, 15) is 9.59 Å². The van der Waals surface area contributed by atoms with E-state index in [0.717, 1.165) is 33.4 Å². The largest absolute Gasteiger partial charge is 0.354 e. The molecule has 8 nitrogen and oxygen atoms in total. The Labute approximate surface area is 180 Å². The number of pyridine rings is 1. The van der Waals surface area contributed by atoms with Crippen LogP contribution in [0.1, 0.15) is 35.4 Å². The molecule has 0 unspecified atom stereocenters. The van der Waals surface area contributed by atoms with Crippen molar-refractivity contribution in [3.63, 3.8) is 0 Å². The van der Waals surface area contributed by atoms with E-state index in [4.69, 9.17) is 0 Å². The molecule has 0 atom stereocenters. The second-order valence-electron chi connectivity index (χ2n) is 8.16. The minimum absolute atomic E-state index is 0.0319. The van der Waals surface area contributed by atoms with Crippen molar-refractivity contribution in [3.8, 4) is 0 Å². The van der Waals surface area contributed by atoms with Gasteiger partial charge in [-0.05, 0) is 68.8 Å². The van der Waals surface area contributed by atoms with Gasteiger partial charge in [-0.15, -0.1) is 5.10 Å². The molecule has 8 heteroatoms. The summed E-state index contributed by atoms with van der Waals surface area (Å²) in [7, 11) is 0. The van der Waals surface area contributed by atoms with Gasteiger partial charge in [0.25, 0.3) is 0 Å². The van der Waals surface area contributed by atoms with E-state index in [0.29, 0.717) is 38.1 Å². The molecule has 162 valence electrons. The predicted octanol–water partition coefficient (Wildman–Crippen LogP) is 2.68. The van der Waals surface area contributed by atoms with Gasteiger partial charge in [-0.25, -0.2) is 13.9 Å². The molecule has 0 aliphatic rings. The predicted molar refractivity (Wildman–Crippen MR) is 120 cm³/mol. The monoisotopic (exact) mass is 420 g/mol. The first-order chi connectivity index (χ1) is 14.8. The molecule has 4 aromatic rings. The Hall–Kier alpha value is -3.42. The van der Waals surface area contributed by atoms with Gasteiger partial charge in [0.05, 0.1) is 17.8 Å². The van der Waals surface area contributed by atoms with Crippen molar-refractivity contribution >= 4 is 22.5 Å². The van der Waals surface area contributed by atoms with Crippen LogP contribution >= 0.6 is 0 Å². The number of benzene rings is 1. The summed E-state index contributed by atoms with van der Waals surface area (Å²) < 4.78 is 5.02. The van der Waals surface area contributed by atoms with Crippen molar-refractivity contribution in [3.05, 3.63) is 63.3 Å². The van der Waals surface area contributed by atoms with Gasteiger partial charge in [-0.2, -0.15) is 5.10 Å². The normalized spacial score (nSPS) is 11.5. The molecule has 1 aromatic carbocycles. The lowest BCUT2D eigenvalue weighted by molar-refractivity contribution is -0.121. The smallest absolute Gasteiger partial charge is 0.350 e. The summed E-state index contributed by atoms with van der Waals surface area (Å²) in [5.74, 6) is -0.0319. The van der Waals surface area contributed by atoms with Crippen LogP contribution < -0.4 is 11.0 Å². The van der Waals surface area contributed by atoms with Gasteiger partial charge in [0, 0.05) is 25.2 Å². The van der Waals surface area contributed by atoms with Crippen LogP contribution in [0.2, 0.25) is 0 Å². The van der Waals surface area contributed by atoms with E-state index in [-0.39, 0.29) is 11.6 Å². The van der Waals surface area contributed by atoms with Crippen LogP contribution in [0.4, 0.5) is 0 Å². The first-order valence-corrected chi connectivity index (χ1v) is 10.6. The fourth-order valence-electron chi connectivity index (χ4n) is 3.97. The van der Waals surface area contributed by atoms with Crippen molar-refractivity contribution in [2.75, 3.05) is 6.54 Å². The molecule has 0 fully saturated rings. The molecule has 0 aliphatic heterocycles. The van der Waals surface area contributed by atoms with Crippen LogP contribution in [0.25, 0.3) is 16.6 Å². The lowest BCUT2D eigenvalue weighted by atomic mass is 10.1. The van der Waals surface area contributed by atoms with E-state index in [2.05, 4.69) is 15.5 Å². The SMILES string of the molecule is Cc1ccc2cc(C)c3nn(CCNC(=O)CCCn4nc(C)cc4C)c(=O)n3c2c1. The molecule has 0 saturated carbocycles. The molecule has 0 bridgehead atoms. The van der Waals surface area contributed by atoms with Crippen molar-refractivity contribution in [1.82, 2.24) is 29.3 Å². The van der Waals surface area contributed by atoms with Gasteiger partial charge in [0.2, 0.25) is 5.91 Å². The van der Waals surface area contributed by atoms with Crippen LogP contribution in [0, 0.1) is 27.7 Å². The highest BCUT2D eigenvalue weighted by atomic mass is 16.2. The van der Waals surface area contributed by atoms with Crippen molar-refractivity contribution in [2.24, 2.45) is 0 Å². The van der Waals surface area contributed by atoms with E-state index in [1.807, 2.05) is 62.7 Å². The number of rotatable bonds is 7. The van der Waals surface area contributed by atoms with Crippen LogP contribution in [0.15, 0.2) is 35.1 Å². The third kappa shape index (κ3) is 4.23. The maximum absolute atomic E-state index is 13.0. The van der Waals surface area contributed by atoms with Gasteiger partial charge in [0.1, 0.15) is 0 Å². The molecule has 1 N–H and O–H groups in total. The molecule has 0 radical (unpaired) electrons. The zero-order valence-corrected chi connectivity index (χ0v) is 18.5. The fraction of sp³-hybridized carbons (Fsp3) is 0.391. The molecule has 3 aromatic heterocycles. The Morgan fingerprint density at radius 2 is 1.81 bits per heavy atom. The van der Waals surface area contributed by atoms with E-state index in [1.165, 1.54) is 4.68 Å². The number of hydrogen-bond donors (Lipinski definition) is 1. The number of fused-ring (bicyclic) bond motifs is 3. The summed E-state index contributed by atoms with van der Waals surface area (Å²) in [6, 6.07) is 10.1. The summed E-state index contributed by atoms with van der Waals surface area (Å²) >= 11 is 0. The average molecular weight is 421 g/mol. The minimum atomic E-state index is -0.187. The summed E-state index contributed by atoms with van der Waals surface area (Å²) in [4.78, 5) is 25.2. The number of nitrogens with zero attached hydrogens (tertiary/aromatic N) is 5. The number of carbonyl (C=O) groups is 1. The number of amides is 1. The lowest BCUT2D eigenvalue weighted by Gasteiger charge is -2.06. The number of aromatic nitrogens is 5. The highest BCUT2D eigenvalue weighted by Crippen LogP contribution is 2.19. The first-order valence-electron chi connectivity index (χ1n) is 10.6. The van der Waals surface area contributed by atoms with E-state index in [1.54, 1.807) is 4.40 Å². The molecule has 0 saturated heterocycles. The van der Waals surface area contributed by atoms with E-state index < -0.39 is 0 Å². The van der Waals surface area contributed by atoms with Gasteiger partial charge < -0.3 is 5.32 Å². The van der Waals surface area contributed by atoms with Gasteiger partial charge in [-0.3, -0.25) is 9.48 Å². The number of aryl methyl sites for hydroxylation is 5. The second-order valence-corrected chi connectivity index (χ2v) is 8.16. The Bertz CT molecular complexity index is 1330. The highest BCUT2D eigenvalue weighted by Gasteiger charge is 2.13. The molecular weight excluding hydrogens is 392 g/mol. The molecule has 1 amide bonds. The van der Waals surface area contributed by atoms with E-state index >= 15 is 0 Å². The van der Waals surface area contributed by atoms with Crippen LogP contribution in [-0.4, -0.2) is 36.4 Å².